The van der Waals surface area contributed by atoms with Gasteiger partial charge in [0.15, 0.2) is 11.8 Å². The van der Waals surface area contributed by atoms with Gasteiger partial charge in [-0.2, -0.15) is 5.10 Å². The molecule has 9 nitrogen and oxygen atoms in total. The Morgan fingerprint density at radius 3 is 2.36 bits per heavy atom. The van der Waals surface area contributed by atoms with Gasteiger partial charge in [0.2, 0.25) is 0 Å². The summed E-state index contributed by atoms with van der Waals surface area (Å²) in [5, 5.41) is 9.55. The molecule has 1 aromatic heterocycles. The van der Waals surface area contributed by atoms with Crippen LogP contribution in [0.2, 0.25) is 0 Å². The number of urea groups is 1. The van der Waals surface area contributed by atoms with Gasteiger partial charge in [-0.25, -0.2) is 14.3 Å². The van der Waals surface area contributed by atoms with Crippen LogP contribution in [0.4, 0.5) is 10.5 Å². The molecular weight excluding hydrogens is 424 g/mol. The number of ether oxygens (including phenoxy) is 1. The predicted octanol–water partition coefficient (Wildman–Crippen LogP) is 3.48. The maximum atomic E-state index is 12.9. The first-order valence-electron chi connectivity index (χ1n) is 10.8. The monoisotopic (exact) mass is 450 g/mol. The van der Waals surface area contributed by atoms with E-state index in [0.29, 0.717) is 23.0 Å². The van der Waals surface area contributed by atoms with Crippen molar-refractivity contribution in [3.63, 3.8) is 0 Å². The number of aryl methyl sites for hydroxylation is 1. The molecular formula is C24H26N4O5. The third-order valence-corrected chi connectivity index (χ3v) is 4.96. The Bertz CT molecular complexity index is 1210. The van der Waals surface area contributed by atoms with E-state index in [1.165, 1.54) is 11.6 Å². The van der Waals surface area contributed by atoms with E-state index in [0.717, 1.165) is 19.3 Å². The number of carbonyl (C=O) groups is 3. The normalized spacial score (nSPS) is 11.6. The number of fused-ring (bicyclic) bond motifs is 1. The van der Waals surface area contributed by atoms with E-state index < -0.39 is 24.0 Å². The number of hydrogen-bond acceptors (Lipinski definition) is 6. The van der Waals surface area contributed by atoms with Crippen LogP contribution >= 0.6 is 0 Å². The lowest BCUT2D eigenvalue weighted by molar-refractivity contribution is -0.127. The molecule has 172 valence electrons. The number of carbonyl (C=O) groups excluding carboxylic acids is 3. The summed E-state index contributed by atoms with van der Waals surface area (Å²) in [6.07, 6.45) is 1.37. The van der Waals surface area contributed by atoms with Crippen LogP contribution in [-0.2, 0) is 16.1 Å². The summed E-state index contributed by atoms with van der Waals surface area (Å²) in [5.74, 6) is -1.65. The number of nitrogens with zero attached hydrogens (tertiary/aromatic N) is 2. The van der Waals surface area contributed by atoms with Gasteiger partial charge in [0.1, 0.15) is 0 Å². The van der Waals surface area contributed by atoms with E-state index in [2.05, 4.69) is 15.7 Å². The van der Waals surface area contributed by atoms with E-state index in [1.807, 2.05) is 6.92 Å². The van der Waals surface area contributed by atoms with Crippen LogP contribution in [0, 0.1) is 0 Å². The molecule has 3 rings (SSSR count). The predicted molar refractivity (Wildman–Crippen MR) is 124 cm³/mol. The molecule has 0 radical (unpaired) electrons. The Morgan fingerprint density at radius 1 is 1.00 bits per heavy atom. The van der Waals surface area contributed by atoms with Crippen molar-refractivity contribution in [2.75, 3.05) is 5.32 Å². The molecule has 0 aliphatic heterocycles. The van der Waals surface area contributed by atoms with Gasteiger partial charge in [0.25, 0.3) is 11.5 Å². The molecule has 0 saturated carbocycles. The molecule has 2 aromatic carbocycles. The van der Waals surface area contributed by atoms with E-state index in [9.17, 15) is 19.2 Å². The average molecular weight is 450 g/mol. The summed E-state index contributed by atoms with van der Waals surface area (Å²) in [6, 6.07) is 14.5. The second-order valence-corrected chi connectivity index (χ2v) is 7.49. The van der Waals surface area contributed by atoms with E-state index in [4.69, 9.17) is 4.74 Å². The number of rotatable bonds is 8. The van der Waals surface area contributed by atoms with Crippen LogP contribution in [0.3, 0.4) is 0 Å². The lowest BCUT2D eigenvalue weighted by Crippen LogP contribution is -2.41. The number of aromatic nitrogens is 2. The van der Waals surface area contributed by atoms with E-state index >= 15 is 0 Å². The van der Waals surface area contributed by atoms with Gasteiger partial charge in [0, 0.05) is 17.6 Å². The minimum absolute atomic E-state index is 0.0601. The summed E-state index contributed by atoms with van der Waals surface area (Å²) >= 11 is 0. The van der Waals surface area contributed by atoms with Crippen molar-refractivity contribution in [1.82, 2.24) is 15.1 Å². The van der Waals surface area contributed by atoms with Crippen molar-refractivity contribution < 1.29 is 19.1 Å². The Hall–Kier alpha value is -4.01. The molecule has 33 heavy (non-hydrogen) atoms. The molecule has 0 bridgehead atoms. The minimum atomic E-state index is -1.26. The molecule has 3 amide bonds. The number of anilines is 1. The molecule has 1 unspecified atom stereocenters. The van der Waals surface area contributed by atoms with Gasteiger partial charge in [-0.05, 0) is 31.5 Å². The quantitative estimate of drug-likeness (QED) is 0.401. The number of hydrogen-bond donors (Lipinski definition) is 2. The van der Waals surface area contributed by atoms with Gasteiger partial charge in [-0.3, -0.25) is 14.9 Å². The molecule has 1 atom stereocenters. The summed E-state index contributed by atoms with van der Waals surface area (Å²) < 4.78 is 6.53. The van der Waals surface area contributed by atoms with Crippen LogP contribution in [0.25, 0.3) is 10.8 Å². The van der Waals surface area contributed by atoms with Crippen LogP contribution < -0.4 is 16.2 Å². The fourth-order valence-corrected chi connectivity index (χ4v) is 3.22. The molecule has 2 N–H and O–H groups in total. The number of benzene rings is 2. The molecule has 9 heteroatoms. The van der Waals surface area contributed by atoms with Crippen molar-refractivity contribution >= 4 is 34.4 Å². The van der Waals surface area contributed by atoms with Crippen molar-refractivity contribution in [2.24, 2.45) is 0 Å². The zero-order valence-corrected chi connectivity index (χ0v) is 18.5. The summed E-state index contributed by atoms with van der Waals surface area (Å²) in [5.41, 5.74) is 0.158. The third kappa shape index (κ3) is 6.03. The van der Waals surface area contributed by atoms with E-state index in [-0.39, 0.29) is 11.3 Å². The number of nitrogens with one attached hydrogen (secondary N) is 2. The minimum Gasteiger partial charge on any atom is -0.448 e. The van der Waals surface area contributed by atoms with Crippen molar-refractivity contribution in [3.8, 4) is 0 Å². The molecule has 0 fully saturated rings. The fourth-order valence-electron chi connectivity index (χ4n) is 3.22. The first-order valence-corrected chi connectivity index (χ1v) is 10.8. The SMILES string of the molecule is CCCCCn1nc(C(=O)OC(C)C(=O)NC(=O)Nc2ccccc2)c2ccccc2c1=O. The van der Waals surface area contributed by atoms with Gasteiger partial charge >= 0.3 is 12.0 Å². The average Bonchev–Trinajstić information content (AvgIpc) is 2.81. The number of para-hydroxylation sites is 1. The highest BCUT2D eigenvalue weighted by Gasteiger charge is 2.24. The molecule has 0 spiro atoms. The largest absolute Gasteiger partial charge is 0.448 e. The fraction of sp³-hybridized carbons (Fsp3) is 0.292. The first kappa shape index (κ1) is 23.6. The zero-order valence-electron chi connectivity index (χ0n) is 18.5. The Balaban J connectivity index is 1.73. The Morgan fingerprint density at radius 2 is 1.67 bits per heavy atom. The molecule has 0 aliphatic rings. The highest BCUT2D eigenvalue weighted by molar-refractivity contribution is 6.05. The third-order valence-electron chi connectivity index (χ3n) is 4.96. The molecule has 0 aliphatic carbocycles. The maximum absolute atomic E-state index is 12.9. The van der Waals surface area contributed by atoms with Crippen LogP contribution in [0.15, 0.2) is 59.4 Å². The van der Waals surface area contributed by atoms with Crippen LogP contribution in [-0.4, -0.2) is 33.8 Å². The van der Waals surface area contributed by atoms with E-state index in [1.54, 1.807) is 54.6 Å². The number of amides is 3. The highest BCUT2D eigenvalue weighted by Crippen LogP contribution is 2.15. The van der Waals surface area contributed by atoms with Gasteiger partial charge in [-0.1, -0.05) is 56.2 Å². The standard InChI is InChI=1S/C24H26N4O5/c1-3-4-10-15-28-22(30)19-14-9-8-13-18(19)20(27-28)23(31)33-16(2)21(29)26-24(32)25-17-11-6-5-7-12-17/h5-9,11-14,16H,3-4,10,15H2,1-2H3,(H2,25,26,29,32). The lowest BCUT2D eigenvalue weighted by atomic mass is 10.1. The second-order valence-electron chi connectivity index (χ2n) is 7.49. The van der Waals surface area contributed by atoms with Gasteiger partial charge in [0.05, 0.1) is 5.39 Å². The smallest absolute Gasteiger partial charge is 0.360 e. The molecule has 1 heterocycles. The number of esters is 1. The maximum Gasteiger partial charge on any atom is 0.360 e. The summed E-state index contributed by atoms with van der Waals surface area (Å²) in [4.78, 5) is 50.0. The molecule has 3 aromatic rings. The number of imide groups is 1. The Labute approximate surface area is 190 Å². The van der Waals surface area contributed by atoms with Crippen molar-refractivity contribution in [1.29, 1.82) is 0 Å². The summed E-state index contributed by atoms with van der Waals surface area (Å²) in [6.45, 7) is 3.77. The lowest BCUT2D eigenvalue weighted by Gasteiger charge is -2.15. The topological polar surface area (TPSA) is 119 Å². The first-order chi connectivity index (χ1) is 15.9. The van der Waals surface area contributed by atoms with Crippen LogP contribution in [0.1, 0.15) is 43.6 Å². The highest BCUT2D eigenvalue weighted by atomic mass is 16.5. The molecule has 0 saturated heterocycles. The number of unbranched alkanes of at least 4 members (excludes halogenated alkanes) is 2. The second kappa shape index (κ2) is 11.0. The van der Waals surface area contributed by atoms with Gasteiger partial charge in [-0.15, -0.1) is 0 Å². The zero-order chi connectivity index (χ0) is 23.8. The summed E-state index contributed by atoms with van der Waals surface area (Å²) in [7, 11) is 0. The van der Waals surface area contributed by atoms with Gasteiger partial charge < -0.3 is 10.1 Å². The Kier molecular flexibility index (Phi) is 7.91. The van der Waals surface area contributed by atoms with Crippen molar-refractivity contribution in [2.45, 2.75) is 45.8 Å². The van der Waals surface area contributed by atoms with Crippen molar-refractivity contribution in [3.05, 3.63) is 70.6 Å². The van der Waals surface area contributed by atoms with Crippen LogP contribution in [0.5, 0.6) is 0 Å².